The van der Waals surface area contributed by atoms with E-state index in [-0.39, 0.29) is 10.6 Å². The lowest BCUT2D eigenvalue weighted by molar-refractivity contribution is 0.141. The maximum Gasteiger partial charge on any atom is 0.149 e. The Balaban J connectivity index is 2.34. The smallest absolute Gasteiger partial charge is 0.149 e. The van der Waals surface area contributed by atoms with Crippen molar-refractivity contribution in [1.82, 2.24) is 10.2 Å². The molecule has 1 N–H and O–H groups in total. The van der Waals surface area contributed by atoms with Crippen molar-refractivity contribution in [2.45, 2.75) is 6.04 Å². The summed E-state index contributed by atoms with van der Waals surface area (Å²) in [7, 11) is 0. The molecule has 2 nitrogen and oxygen atoms in total. The highest BCUT2D eigenvalue weighted by Gasteiger charge is 2.28. The van der Waals surface area contributed by atoms with Gasteiger partial charge in [-0.3, -0.25) is 4.90 Å². The van der Waals surface area contributed by atoms with Gasteiger partial charge in [-0.2, -0.15) is 0 Å². The highest BCUT2D eigenvalue weighted by atomic mass is 35.5. The molecule has 0 amide bonds. The number of nitrogens with zero attached hydrogens (tertiary/aromatic N) is 1. The molecule has 18 heavy (non-hydrogen) atoms. The fourth-order valence-corrected chi connectivity index (χ4v) is 2.36. The fraction of sp³-hybridized carbons (Fsp3) is 0.500. The van der Waals surface area contributed by atoms with E-state index in [1.165, 1.54) is 0 Å². The predicted molar refractivity (Wildman–Crippen MR) is 64.5 cm³/mol. The molecule has 6 heteroatoms. The summed E-state index contributed by atoms with van der Waals surface area (Å²) < 4.78 is 40.8. The number of alkyl halides is 1. The van der Waals surface area contributed by atoms with Crippen LogP contribution in [0.5, 0.6) is 0 Å². The van der Waals surface area contributed by atoms with Crippen LogP contribution in [0.15, 0.2) is 12.1 Å². The minimum atomic E-state index is -0.911. The third kappa shape index (κ3) is 2.63. The van der Waals surface area contributed by atoms with Gasteiger partial charge in [-0.1, -0.05) is 11.6 Å². The summed E-state index contributed by atoms with van der Waals surface area (Å²) in [5.74, 6) is -1.61. The number of hydrogen-bond acceptors (Lipinski definition) is 2. The van der Waals surface area contributed by atoms with Crippen molar-refractivity contribution < 1.29 is 13.2 Å². The molecule has 0 saturated carbocycles. The second-order valence-electron chi connectivity index (χ2n) is 4.21. The van der Waals surface area contributed by atoms with Gasteiger partial charge in [0.1, 0.15) is 18.3 Å². The van der Waals surface area contributed by atoms with Gasteiger partial charge in [0.2, 0.25) is 0 Å². The number of piperazine rings is 1. The molecule has 2 rings (SSSR count). The Morgan fingerprint density at radius 1 is 1.28 bits per heavy atom. The second-order valence-corrected chi connectivity index (χ2v) is 4.62. The maximum atomic E-state index is 13.9. The summed E-state index contributed by atoms with van der Waals surface area (Å²) >= 11 is 5.63. The molecule has 1 aliphatic rings. The zero-order valence-corrected chi connectivity index (χ0v) is 10.5. The van der Waals surface area contributed by atoms with Gasteiger partial charge in [-0.05, 0) is 12.1 Å². The molecule has 0 spiro atoms. The molecule has 100 valence electrons. The number of rotatable bonds is 3. The zero-order chi connectivity index (χ0) is 13.1. The Kier molecular flexibility index (Phi) is 4.48. The first-order valence-electron chi connectivity index (χ1n) is 5.79. The van der Waals surface area contributed by atoms with Gasteiger partial charge in [0.05, 0.1) is 11.1 Å². The third-order valence-electron chi connectivity index (χ3n) is 3.15. The minimum absolute atomic E-state index is 0.181. The fourth-order valence-electron chi connectivity index (χ4n) is 2.20. The van der Waals surface area contributed by atoms with E-state index in [2.05, 4.69) is 5.32 Å². The van der Waals surface area contributed by atoms with Crippen molar-refractivity contribution in [3.63, 3.8) is 0 Å². The van der Waals surface area contributed by atoms with Gasteiger partial charge in [-0.15, -0.1) is 0 Å². The van der Waals surface area contributed by atoms with Gasteiger partial charge in [0, 0.05) is 31.7 Å². The molecule has 1 aromatic rings. The highest BCUT2D eigenvalue weighted by molar-refractivity contribution is 6.30. The minimum Gasteiger partial charge on any atom is -0.314 e. The zero-order valence-electron chi connectivity index (χ0n) is 9.73. The monoisotopic (exact) mass is 278 g/mol. The van der Waals surface area contributed by atoms with Crippen molar-refractivity contribution in [1.29, 1.82) is 0 Å². The topological polar surface area (TPSA) is 15.3 Å². The highest BCUT2D eigenvalue weighted by Crippen LogP contribution is 2.30. The van der Waals surface area contributed by atoms with E-state index in [0.29, 0.717) is 26.2 Å². The van der Waals surface area contributed by atoms with Crippen molar-refractivity contribution in [3.05, 3.63) is 34.4 Å². The van der Waals surface area contributed by atoms with E-state index in [0.717, 1.165) is 12.1 Å². The van der Waals surface area contributed by atoms with Crippen molar-refractivity contribution in [3.8, 4) is 0 Å². The molecule has 1 aliphatic heterocycles. The Labute approximate surface area is 109 Å². The molecule has 0 aromatic heterocycles. The average Bonchev–Trinajstić information content (AvgIpc) is 2.40. The Morgan fingerprint density at radius 3 is 2.56 bits per heavy atom. The SMILES string of the molecule is FC[C@@H](c1c(F)ccc(Cl)c1F)N1CCNCC1. The summed E-state index contributed by atoms with van der Waals surface area (Å²) in [6.45, 7) is 1.63. The molecule has 1 aromatic carbocycles. The standard InChI is InChI=1S/C12H14ClF3N2/c13-8-1-2-9(15)11(12(8)16)10(7-14)18-5-3-17-4-6-18/h1-2,10,17H,3-7H2/t10-/m0/s1. The Bertz CT molecular complexity index is 422. The number of nitrogens with one attached hydrogen (secondary N) is 1. The Morgan fingerprint density at radius 2 is 1.94 bits per heavy atom. The van der Waals surface area contributed by atoms with Gasteiger partial charge in [0.15, 0.2) is 0 Å². The molecule has 1 heterocycles. The van der Waals surface area contributed by atoms with Crippen LogP contribution in [0, 0.1) is 11.6 Å². The molecular weight excluding hydrogens is 265 g/mol. The molecule has 1 fully saturated rings. The van der Waals surface area contributed by atoms with Crippen LogP contribution in [0.3, 0.4) is 0 Å². The lowest BCUT2D eigenvalue weighted by Crippen LogP contribution is -2.46. The number of hydrogen-bond donors (Lipinski definition) is 1. The van der Waals surface area contributed by atoms with E-state index in [9.17, 15) is 13.2 Å². The van der Waals surface area contributed by atoms with Crippen LogP contribution in [-0.4, -0.2) is 37.8 Å². The van der Waals surface area contributed by atoms with E-state index in [1.54, 1.807) is 4.90 Å². The average molecular weight is 279 g/mol. The third-order valence-corrected chi connectivity index (χ3v) is 3.44. The normalized spacial score (nSPS) is 18.9. The van der Waals surface area contributed by atoms with Crippen molar-refractivity contribution >= 4 is 11.6 Å². The summed E-state index contributed by atoms with van der Waals surface area (Å²) in [6, 6.07) is 1.31. The molecule has 1 saturated heterocycles. The first-order chi connectivity index (χ1) is 8.65. The molecule has 0 aliphatic carbocycles. The summed E-state index contributed by atoms with van der Waals surface area (Å²) in [5, 5.41) is 2.93. The molecular formula is C12H14ClF3N2. The quantitative estimate of drug-likeness (QED) is 0.855. The summed E-state index contributed by atoms with van der Waals surface area (Å²) in [5.41, 5.74) is -0.271. The van der Waals surface area contributed by atoms with Crippen LogP contribution < -0.4 is 5.32 Å². The first kappa shape index (κ1) is 13.6. The van der Waals surface area contributed by atoms with Crippen LogP contribution in [-0.2, 0) is 0 Å². The molecule has 0 bridgehead atoms. The van der Waals surface area contributed by atoms with Crippen LogP contribution in [0.1, 0.15) is 11.6 Å². The van der Waals surface area contributed by atoms with E-state index in [1.807, 2.05) is 0 Å². The molecule has 1 atom stereocenters. The van der Waals surface area contributed by atoms with Crippen LogP contribution in [0.2, 0.25) is 5.02 Å². The predicted octanol–water partition coefficient (Wildman–Crippen LogP) is 2.53. The van der Waals surface area contributed by atoms with Gasteiger partial charge in [0.25, 0.3) is 0 Å². The maximum absolute atomic E-state index is 13.9. The van der Waals surface area contributed by atoms with Crippen molar-refractivity contribution in [2.75, 3.05) is 32.9 Å². The Hall–Kier alpha value is -0.780. The molecule has 0 radical (unpaired) electrons. The second kappa shape index (κ2) is 5.91. The van der Waals surface area contributed by atoms with Crippen LogP contribution in [0.25, 0.3) is 0 Å². The van der Waals surface area contributed by atoms with Crippen LogP contribution >= 0.6 is 11.6 Å². The van der Waals surface area contributed by atoms with E-state index in [4.69, 9.17) is 11.6 Å². The molecule has 0 unspecified atom stereocenters. The first-order valence-corrected chi connectivity index (χ1v) is 6.17. The largest absolute Gasteiger partial charge is 0.314 e. The van der Waals surface area contributed by atoms with Gasteiger partial charge < -0.3 is 5.32 Å². The lowest BCUT2D eigenvalue weighted by atomic mass is 10.0. The lowest BCUT2D eigenvalue weighted by Gasteiger charge is -2.33. The number of benzene rings is 1. The van der Waals surface area contributed by atoms with Crippen LogP contribution in [0.4, 0.5) is 13.2 Å². The van der Waals surface area contributed by atoms with E-state index >= 15 is 0 Å². The van der Waals surface area contributed by atoms with Gasteiger partial charge >= 0.3 is 0 Å². The number of halogens is 4. The summed E-state index contributed by atoms with van der Waals surface area (Å²) in [6.07, 6.45) is 0. The van der Waals surface area contributed by atoms with Gasteiger partial charge in [-0.25, -0.2) is 13.2 Å². The summed E-state index contributed by atoms with van der Waals surface area (Å²) in [4.78, 5) is 1.73. The van der Waals surface area contributed by atoms with Crippen molar-refractivity contribution in [2.24, 2.45) is 0 Å². The van der Waals surface area contributed by atoms with E-state index < -0.39 is 24.4 Å².